The van der Waals surface area contributed by atoms with Crippen LogP contribution in [0.1, 0.15) is 40.1 Å². The molecule has 0 bridgehead atoms. The number of fused-ring (bicyclic) bond motifs is 1. The number of carbonyl (C=O) groups excluding carboxylic acids is 1. The van der Waals surface area contributed by atoms with Gasteiger partial charge in [-0.3, -0.25) is 14.6 Å². The molecular weight excluding hydrogens is 423 g/mol. The number of amides is 1. The molecule has 8 heteroatoms. The van der Waals surface area contributed by atoms with E-state index >= 15 is 0 Å². The minimum atomic E-state index is -0.237. The number of hydrogen-bond donors (Lipinski definition) is 2. The number of carbonyl (C=O) groups is 1. The minimum absolute atomic E-state index is 0.0601. The van der Waals surface area contributed by atoms with Crippen LogP contribution in [0.4, 0.5) is 5.95 Å². The summed E-state index contributed by atoms with van der Waals surface area (Å²) < 4.78 is 0. The van der Waals surface area contributed by atoms with Crippen molar-refractivity contribution in [2.24, 2.45) is 0 Å². The zero-order valence-corrected chi connectivity index (χ0v) is 17.8. The summed E-state index contributed by atoms with van der Waals surface area (Å²) in [5.41, 5.74) is 2.57. The molecule has 0 spiro atoms. The number of aromatic amines is 1. The number of hydrogen-bond acceptors (Lipinski definition) is 4. The first-order valence-corrected chi connectivity index (χ1v) is 10.3. The normalized spacial score (nSPS) is 14.2. The van der Waals surface area contributed by atoms with Crippen molar-refractivity contribution in [1.82, 2.24) is 14.9 Å². The summed E-state index contributed by atoms with van der Waals surface area (Å²) in [6.45, 7) is 2.71. The summed E-state index contributed by atoms with van der Waals surface area (Å²) in [7, 11) is 0. The molecule has 1 atom stereocenters. The van der Waals surface area contributed by atoms with Gasteiger partial charge in [0.25, 0.3) is 11.5 Å². The quantitative estimate of drug-likeness (QED) is 0.625. The Labute approximate surface area is 183 Å². The zero-order chi connectivity index (χ0) is 21.3. The van der Waals surface area contributed by atoms with Crippen LogP contribution in [0.15, 0.2) is 53.3 Å². The highest BCUT2D eigenvalue weighted by Gasteiger charge is 2.25. The third-order valence-corrected chi connectivity index (χ3v) is 5.67. The molecule has 2 heterocycles. The Hall–Kier alpha value is -2.83. The first kappa shape index (κ1) is 20.4. The van der Waals surface area contributed by atoms with Gasteiger partial charge in [0.05, 0.1) is 23.8 Å². The van der Waals surface area contributed by atoms with E-state index in [0.717, 1.165) is 5.56 Å². The lowest BCUT2D eigenvalue weighted by molar-refractivity contribution is 0.0732. The molecule has 0 saturated heterocycles. The fourth-order valence-electron chi connectivity index (χ4n) is 3.48. The van der Waals surface area contributed by atoms with Crippen LogP contribution >= 0.6 is 23.2 Å². The highest BCUT2D eigenvalue weighted by Crippen LogP contribution is 2.21. The summed E-state index contributed by atoms with van der Waals surface area (Å²) in [4.78, 5) is 34.5. The number of benzene rings is 2. The van der Waals surface area contributed by atoms with Gasteiger partial charge in [-0.1, -0.05) is 35.3 Å². The van der Waals surface area contributed by atoms with Crippen molar-refractivity contribution in [2.75, 3.05) is 11.9 Å². The van der Waals surface area contributed by atoms with Gasteiger partial charge in [-0.15, -0.1) is 0 Å². The SMILES string of the molecule is CC(Nc1nc2c(c(=O)[nH]1)CN(C(=O)c1ccc(Cl)cc1)CC2)c1ccc(Cl)cc1. The number of aromatic nitrogens is 2. The van der Waals surface area contributed by atoms with Crippen LogP contribution < -0.4 is 10.9 Å². The van der Waals surface area contributed by atoms with Crippen molar-refractivity contribution < 1.29 is 4.79 Å². The third kappa shape index (κ3) is 4.35. The van der Waals surface area contributed by atoms with E-state index in [1.165, 1.54) is 0 Å². The average Bonchev–Trinajstić information content (AvgIpc) is 2.74. The van der Waals surface area contributed by atoms with Gasteiger partial charge < -0.3 is 10.2 Å². The van der Waals surface area contributed by atoms with Gasteiger partial charge in [0.1, 0.15) is 0 Å². The molecule has 154 valence electrons. The van der Waals surface area contributed by atoms with Gasteiger partial charge in [-0.25, -0.2) is 4.98 Å². The predicted octanol–water partition coefficient (Wildman–Crippen LogP) is 4.45. The van der Waals surface area contributed by atoms with Crippen LogP contribution in [0.5, 0.6) is 0 Å². The van der Waals surface area contributed by atoms with Crippen molar-refractivity contribution in [3.8, 4) is 0 Å². The molecule has 0 saturated carbocycles. The number of nitrogens with one attached hydrogen (secondary N) is 2. The zero-order valence-electron chi connectivity index (χ0n) is 16.3. The number of halogens is 2. The molecule has 0 aliphatic carbocycles. The molecule has 1 amide bonds. The molecular formula is C22H20Cl2N4O2. The Morgan fingerprint density at radius 1 is 1.10 bits per heavy atom. The van der Waals surface area contributed by atoms with E-state index in [4.69, 9.17) is 23.2 Å². The lowest BCUT2D eigenvalue weighted by atomic mass is 10.1. The number of H-pyrrole nitrogens is 1. The second-order valence-corrected chi connectivity index (χ2v) is 8.11. The van der Waals surface area contributed by atoms with E-state index in [1.54, 1.807) is 29.2 Å². The molecule has 1 unspecified atom stereocenters. The number of rotatable bonds is 4. The van der Waals surface area contributed by atoms with Crippen LogP contribution in [0.2, 0.25) is 10.0 Å². The van der Waals surface area contributed by atoms with Crippen LogP contribution in [0.25, 0.3) is 0 Å². The summed E-state index contributed by atoms with van der Waals surface area (Å²) >= 11 is 11.8. The second-order valence-electron chi connectivity index (χ2n) is 7.24. The van der Waals surface area contributed by atoms with Gasteiger partial charge in [-0.2, -0.15) is 0 Å². The molecule has 2 aromatic carbocycles. The molecule has 1 aromatic heterocycles. The van der Waals surface area contributed by atoms with Crippen molar-refractivity contribution in [1.29, 1.82) is 0 Å². The maximum atomic E-state index is 12.8. The van der Waals surface area contributed by atoms with Gasteiger partial charge in [0.15, 0.2) is 0 Å². The first-order valence-electron chi connectivity index (χ1n) is 9.59. The van der Waals surface area contributed by atoms with Crippen LogP contribution in [0, 0.1) is 0 Å². The summed E-state index contributed by atoms with van der Waals surface area (Å²) in [6.07, 6.45) is 0.516. The Balaban J connectivity index is 1.51. The van der Waals surface area contributed by atoms with E-state index in [-0.39, 0.29) is 24.1 Å². The van der Waals surface area contributed by atoms with Crippen LogP contribution in [0.3, 0.4) is 0 Å². The van der Waals surface area contributed by atoms with E-state index in [0.29, 0.717) is 45.8 Å². The molecule has 1 aliphatic rings. The smallest absolute Gasteiger partial charge is 0.257 e. The predicted molar refractivity (Wildman–Crippen MR) is 118 cm³/mol. The Morgan fingerprint density at radius 3 is 2.40 bits per heavy atom. The molecule has 30 heavy (non-hydrogen) atoms. The highest BCUT2D eigenvalue weighted by atomic mass is 35.5. The van der Waals surface area contributed by atoms with Crippen molar-refractivity contribution in [3.63, 3.8) is 0 Å². The molecule has 1 aliphatic heterocycles. The molecule has 4 rings (SSSR count). The van der Waals surface area contributed by atoms with Crippen molar-refractivity contribution in [3.05, 3.63) is 91.3 Å². The first-order chi connectivity index (χ1) is 14.4. The van der Waals surface area contributed by atoms with Gasteiger partial charge in [-0.05, 0) is 48.9 Å². The monoisotopic (exact) mass is 442 g/mol. The second kappa shape index (κ2) is 8.50. The van der Waals surface area contributed by atoms with E-state index in [1.807, 2.05) is 31.2 Å². The van der Waals surface area contributed by atoms with E-state index in [9.17, 15) is 9.59 Å². The molecule has 0 fully saturated rings. The topological polar surface area (TPSA) is 78.1 Å². The number of nitrogens with zero attached hydrogens (tertiary/aromatic N) is 2. The summed E-state index contributed by atoms with van der Waals surface area (Å²) in [5.74, 6) is 0.286. The lowest BCUT2D eigenvalue weighted by Crippen LogP contribution is -2.39. The molecule has 2 N–H and O–H groups in total. The Bertz CT molecular complexity index is 1130. The summed E-state index contributed by atoms with van der Waals surface area (Å²) in [6, 6.07) is 14.2. The molecule has 6 nitrogen and oxygen atoms in total. The van der Waals surface area contributed by atoms with Gasteiger partial charge in [0, 0.05) is 28.6 Å². The number of anilines is 1. The minimum Gasteiger partial charge on any atom is -0.349 e. The summed E-state index contributed by atoms with van der Waals surface area (Å²) in [5, 5.41) is 4.47. The fraction of sp³-hybridized carbons (Fsp3) is 0.227. The maximum Gasteiger partial charge on any atom is 0.257 e. The fourth-order valence-corrected chi connectivity index (χ4v) is 3.73. The van der Waals surface area contributed by atoms with E-state index in [2.05, 4.69) is 15.3 Å². The van der Waals surface area contributed by atoms with Gasteiger partial charge >= 0.3 is 0 Å². The van der Waals surface area contributed by atoms with Crippen LogP contribution in [-0.4, -0.2) is 27.3 Å². The Morgan fingerprint density at radius 2 is 1.73 bits per heavy atom. The largest absolute Gasteiger partial charge is 0.349 e. The van der Waals surface area contributed by atoms with Crippen molar-refractivity contribution in [2.45, 2.75) is 25.9 Å². The highest BCUT2D eigenvalue weighted by molar-refractivity contribution is 6.30. The third-order valence-electron chi connectivity index (χ3n) is 5.17. The molecule has 0 radical (unpaired) electrons. The van der Waals surface area contributed by atoms with Gasteiger partial charge in [0.2, 0.25) is 5.95 Å². The lowest BCUT2D eigenvalue weighted by Gasteiger charge is -2.28. The Kier molecular flexibility index (Phi) is 5.79. The standard InChI is InChI=1S/C22H20Cl2N4O2/c1-13(14-2-6-16(23)7-3-14)25-22-26-19-10-11-28(12-18(19)20(29)27-22)21(30)15-4-8-17(24)9-5-15/h2-9,13H,10-12H2,1H3,(H2,25,26,27,29). The van der Waals surface area contributed by atoms with Crippen LogP contribution in [-0.2, 0) is 13.0 Å². The average molecular weight is 443 g/mol. The molecule has 3 aromatic rings. The van der Waals surface area contributed by atoms with E-state index < -0.39 is 0 Å². The van der Waals surface area contributed by atoms with Crippen molar-refractivity contribution >= 4 is 35.1 Å². The maximum absolute atomic E-state index is 12.8.